The molecule has 0 N–H and O–H groups in total. The van der Waals surface area contributed by atoms with Gasteiger partial charge in [0.2, 0.25) is 5.95 Å². The third-order valence-corrected chi connectivity index (χ3v) is 4.69. The third kappa shape index (κ3) is 3.12. The predicted octanol–water partition coefficient (Wildman–Crippen LogP) is 1.79. The number of halogens is 2. The minimum absolute atomic E-state index is 0.210. The number of fused-ring (bicyclic) bond motifs is 1. The minimum Gasteiger partial charge on any atom is -0.378 e. The maximum atomic E-state index is 13.9. The highest BCUT2D eigenvalue weighted by molar-refractivity contribution is 5.94. The van der Waals surface area contributed by atoms with E-state index >= 15 is 0 Å². The van der Waals surface area contributed by atoms with Gasteiger partial charge in [-0.15, -0.1) is 0 Å². The van der Waals surface area contributed by atoms with Gasteiger partial charge >= 0.3 is 0 Å². The SMILES string of the molecule is O=C(c1c(F)cccc1F)N1CCc2cnc(N3CCOCC3)nc2C1. The van der Waals surface area contributed by atoms with Crippen LogP contribution in [0.1, 0.15) is 21.6 Å². The van der Waals surface area contributed by atoms with Crippen LogP contribution in [0.4, 0.5) is 14.7 Å². The molecule has 2 aromatic rings. The standard InChI is InChI=1S/C18H18F2N4O2/c19-13-2-1-3-14(20)16(13)17(25)24-5-4-12-10-21-18(22-15(12)11-24)23-6-8-26-9-7-23/h1-3,10H,4-9,11H2. The van der Waals surface area contributed by atoms with E-state index in [0.717, 1.165) is 23.4 Å². The number of carbonyl (C=O) groups is 1. The van der Waals surface area contributed by atoms with E-state index in [-0.39, 0.29) is 6.54 Å². The highest BCUT2D eigenvalue weighted by Gasteiger charge is 2.28. The molecule has 0 saturated carbocycles. The number of rotatable bonds is 2. The Balaban J connectivity index is 1.57. The predicted molar refractivity (Wildman–Crippen MR) is 89.9 cm³/mol. The monoisotopic (exact) mass is 360 g/mol. The zero-order valence-corrected chi connectivity index (χ0v) is 14.1. The summed E-state index contributed by atoms with van der Waals surface area (Å²) in [6.07, 6.45) is 2.33. The molecule has 136 valence electrons. The van der Waals surface area contributed by atoms with E-state index in [1.165, 1.54) is 11.0 Å². The largest absolute Gasteiger partial charge is 0.378 e. The molecule has 2 aliphatic heterocycles. The van der Waals surface area contributed by atoms with Crippen LogP contribution in [0.2, 0.25) is 0 Å². The zero-order chi connectivity index (χ0) is 18.1. The molecule has 0 radical (unpaired) electrons. The highest BCUT2D eigenvalue weighted by atomic mass is 19.1. The molecule has 2 aliphatic rings. The number of aromatic nitrogens is 2. The van der Waals surface area contributed by atoms with Gasteiger partial charge in [-0.2, -0.15) is 0 Å². The minimum atomic E-state index is -0.850. The first kappa shape index (κ1) is 16.8. The average molecular weight is 360 g/mol. The van der Waals surface area contributed by atoms with Gasteiger partial charge in [-0.1, -0.05) is 6.07 Å². The first-order valence-electron chi connectivity index (χ1n) is 8.54. The Hall–Kier alpha value is -2.61. The Morgan fingerprint density at radius 2 is 1.85 bits per heavy atom. The summed E-state index contributed by atoms with van der Waals surface area (Å²) in [6, 6.07) is 3.43. The van der Waals surface area contributed by atoms with E-state index in [1.807, 2.05) is 4.90 Å². The maximum absolute atomic E-state index is 13.9. The normalized spacial score (nSPS) is 17.2. The molecular weight excluding hydrogens is 342 g/mol. The lowest BCUT2D eigenvalue weighted by atomic mass is 10.1. The molecule has 1 aromatic carbocycles. The molecule has 8 heteroatoms. The van der Waals surface area contributed by atoms with Crippen molar-refractivity contribution in [2.75, 3.05) is 37.7 Å². The topological polar surface area (TPSA) is 58.6 Å². The number of anilines is 1. The number of benzene rings is 1. The van der Waals surface area contributed by atoms with E-state index in [4.69, 9.17) is 4.74 Å². The van der Waals surface area contributed by atoms with Crippen LogP contribution < -0.4 is 4.90 Å². The van der Waals surface area contributed by atoms with E-state index in [2.05, 4.69) is 9.97 Å². The zero-order valence-electron chi connectivity index (χ0n) is 14.1. The number of carbonyl (C=O) groups excluding carboxylic acids is 1. The summed E-state index contributed by atoms with van der Waals surface area (Å²) in [7, 11) is 0. The van der Waals surface area contributed by atoms with Crippen molar-refractivity contribution in [2.45, 2.75) is 13.0 Å². The molecule has 1 aromatic heterocycles. The van der Waals surface area contributed by atoms with Crippen LogP contribution in [0.15, 0.2) is 24.4 Å². The van der Waals surface area contributed by atoms with Crippen molar-refractivity contribution in [2.24, 2.45) is 0 Å². The fourth-order valence-electron chi connectivity index (χ4n) is 3.24. The average Bonchev–Trinajstić information content (AvgIpc) is 2.67. The fourth-order valence-corrected chi connectivity index (χ4v) is 3.24. The van der Waals surface area contributed by atoms with Crippen molar-refractivity contribution in [1.29, 1.82) is 0 Å². The van der Waals surface area contributed by atoms with E-state index in [9.17, 15) is 13.6 Å². The van der Waals surface area contributed by atoms with E-state index in [1.54, 1.807) is 6.20 Å². The van der Waals surface area contributed by atoms with Crippen LogP contribution in [-0.2, 0) is 17.7 Å². The van der Waals surface area contributed by atoms with Crippen LogP contribution in [0.5, 0.6) is 0 Å². The lowest BCUT2D eigenvalue weighted by molar-refractivity contribution is 0.0721. The van der Waals surface area contributed by atoms with Gasteiger partial charge in [0.05, 0.1) is 25.5 Å². The quantitative estimate of drug-likeness (QED) is 0.817. The molecule has 3 heterocycles. The molecule has 1 saturated heterocycles. The first-order valence-corrected chi connectivity index (χ1v) is 8.54. The Morgan fingerprint density at radius 3 is 2.58 bits per heavy atom. The van der Waals surface area contributed by atoms with Crippen molar-refractivity contribution < 1.29 is 18.3 Å². The van der Waals surface area contributed by atoms with Crippen LogP contribution in [-0.4, -0.2) is 53.6 Å². The van der Waals surface area contributed by atoms with Gasteiger partial charge in [-0.05, 0) is 24.1 Å². The smallest absolute Gasteiger partial charge is 0.260 e. The fraction of sp³-hybridized carbons (Fsp3) is 0.389. The molecule has 0 atom stereocenters. The van der Waals surface area contributed by atoms with Gasteiger partial charge in [-0.25, -0.2) is 18.7 Å². The summed E-state index contributed by atoms with van der Waals surface area (Å²) in [5.41, 5.74) is 1.16. The Labute approximate surface area is 149 Å². The van der Waals surface area contributed by atoms with Crippen LogP contribution in [0.25, 0.3) is 0 Å². The molecular formula is C18H18F2N4O2. The number of nitrogens with zero attached hydrogens (tertiary/aromatic N) is 4. The second-order valence-corrected chi connectivity index (χ2v) is 6.31. The summed E-state index contributed by atoms with van der Waals surface area (Å²) in [5, 5.41) is 0. The van der Waals surface area contributed by atoms with E-state index in [0.29, 0.717) is 45.2 Å². The molecule has 0 bridgehead atoms. The highest BCUT2D eigenvalue weighted by Crippen LogP contribution is 2.23. The van der Waals surface area contributed by atoms with Gasteiger partial charge in [0, 0.05) is 25.8 Å². The van der Waals surface area contributed by atoms with Crippen LogP contribution in [0.3, 0.4) is 0 Å². The molecule has 6 nitrogen and oxygen atoms in total. The van der Waals surface area contributed by atoms with Gasteiger partial charge in [0.1, 0.15) is 17.2 Å². The Kier molecular flexibility index (Phi) is 4.50. The third-order valence-electron chi connectivity index (χ3n) is 4.69. The summed E-state index contributed by atoms with van der Waals surface area (Å²) >= 11 is 0. The van der Waals surface area contributed by atoms with Crippen LogP contribution >= 0.6 is 0 Å². The van der Waals surface area contributed by atoms with Gasteiger partial charge < -0.3 is 14.5 Å². The molecule has 1 amide bonds. The number of hydrogen-bond acceptors (Lipinski definition) is 5. The van der Waals surface area contributed by atoms with Crippen molar-refractivity contribution in [1.82, 2.24) is 14.9 Å². The molecule has 26 heavy (non-hydrogen) atoms. The Bertz CT molecular complexity index is 820. The molecule has 0 aliphatic carbocycles. The molecule has 4 rings (SSSR count). The molecule has 0 spiro atoms. The molecule has 1 fully saturated rings. The van der Waals surface area contributed by atoms with Gasteiger partial charge in [0.25, 0.3) is 5.91 Å². The lowest BCUT2D eigenvalue weighted by Gasteiger charge is -2.31. The second-order valence-electron chi connectivity index (χ2n) is 6.31. The summed E-state index contributed by atoms with van der Waals surface area (Å²) < 4.78 is 33.2. The van der Waals surface area contributed by atoms with Crippen molar-refractivity contribution in [3.05, 3.63) is 52.9 Å². The lowest BCUT2D eigenvalue weighted by Crippen LogP contribution is -2.39. The van der Waals surface area contributed by atoms with Crippen molar-refractivity contribution in [3.63, 3.8) is 0 Å². The number of amides is 1. The Morgan fingerprint density at radius 1 is 1.12 bits per heavy atom. The number of morpholine rings is 1. The van der Waals surface area contributed by atoms with Gasteiger partial charge in [-0.3, -0.25) is 4.79 Å². The summed E-state index contributed by atoms with van der Waals surface area (Å²) in [4.78, 5) is 25.1. The molecule has 0 unspecified atom stereocenters. The number of ether oxygens (including phenoxy) is 1. The summed E-state index contributed by atoms with van der Waals surface area (Å²) in [6.45, 7) is 3.25. The first-order chi connectivity index (χ1) is 12.6. The van der Waals surface area contributed by atoms with Gasteiger partial charge in [0.15, 0.2) is 0 Å². The second kappa shape index (κ2) is 6.95. The summed E-state index contributed by atoms with van der Waals surface area (Å²) in [5.74, 6) is -1.76. The van der Waals surface area contributed by atoms with Crippen LogP contribution in [0, 0.1) is 11.6 Å². The van der Waals surface area contributed by atoms with Crippen molar-refractivity contribution in [3.8, 4) is 0 Å². The van der Waals surface area contributed by atoms with Crippen molar-refractivity contribution >= 4 is 11.9 Å². The van der Waals surface area contributed by atoms with E-state index < -0.39 is 23.1 Å². The maximum Gasteiger partial charge on any atom is 0.260 e. The number of hydrogen-bond donors (Lipinski definition) is 0.